The number of likely N-dealkylation sites (tertiary alicyclic amines) is 1. The number of hydrogen-bond acceptors (Lipinski definition) is 3. The molecule has 2 rings (SSSR count). The normalized spacial score (nSPS) is 23.1. The molecular weight excluding hydrogens is 275 g/mol. The van der Waals surface area contributed by atoms with Crippen molar-refractivity contribution in [3.05, 3.63) is 21.3 Å². The Balaban J connectivity index is 0.00000144. The fraction of sp³-hybridized carbons (Fsp3) is 0.667. The van der Waals surface area contributed by atoms with Crippen LogP contribution in [0.25, 0.3) is 0 Å². The third-order valence-electron chi connectivity index (χ3n) is 3.37. The molecule has 0 aromatic carbocycles. The molecular formula is C12H20Cl2N2S. The van der Waals surface area contributed by atoms with Crippen LogP contribution in [-0.4, -0.2) is 24.0 Å². The summed E-state index contributed by atoms with van der Waals surface area (Å²) in [6.07, 6.45) is 2.53. The topological polar surface area (TPSA) is 29.3 Å². The number of hydrogen-bond donors (Lipinski definition) is 1. The first-order valence-electron chi connectivity index (χ1n) is 5.86. The molecule has 1 aromatic heterocycles. The van der Waals surface area contributed by atoms with Crippen LogP contribution in [0.3, 0.4) is 0 Å². The monoisotopic (exact) mass is 294 g/mol. The highest BCUT2D eigenvalue weighted by molar-refractivity contribution is 7.14. The maximum absolute atomic E-state index is 6.13. The van der Waals surface area contributed by atoms with Crippen molar-refractivity contribution in [1.82, 2.24) is 4.90 Å². The summed E-state index contributed by atoms with van der Waals surface area (Å²) in [5.41, 5.74) is 7.24. The Hall–Kier alpha value is 0.200. The summed E-state index contributed by atoms with van der Waals surface area (Å²) in [5.74, 6) is 0.645. The van der Waals surface area contributed by atoms with E-state index in [-0.39, 0.29) is 12.4 Å². The second-order valence-electron chi connectivity index (χ2n) is 4.72. The van der Waals surface area contributed by atoms with Gasteiger partial charge in [-0.15, -0.1) is 23.7 Å². The fourth-order valence-electron chi connectivity index (χ4n) is 2.34. The Labute approximate surface area is 119 Å². The van der Waals surface area contributed by atoms with Gasteiger partial charge in [0.2, 0.25) is 0 Å². The van der Waals surface area contributed by atoms with Gasteiger partial charge >= 0.3 is 0 Å². The van der Waals surface area contributed by atoms with Gasteiger partial charge in [0.1, 0.15) is 0 Å². The van der Waals surface area contributed by atoms with Crippen molar-refractivity contribution in [1.29, 1.82) is 0 Å². The van der Waals surface area contributed by atoms with Gasteiger partial charge in [-0.1, -0.05) is 11.6 Å². The van der Waals surface area contributed by atoms with E-state index in [0.717, 1.165) is 17.4 Å². The molecule has 1 aromatic rings. The van der Waals surface area contributed by atoms with Gasteiger partial charge in [0.25, 0.3) is 0 Å². The Bertz CT molecular complexity index is 341. The summed E-state index contributed by atoms with van der Waals surface area (Å²) in [6, 6.07) is 2.43. The van der Waals surface area contributed by atoms with E-state index >= 15 is 0 Å². The van der Waals surface area contributed by atoms with Crippen LogP contribution in [0.4, 0.5) is 0 Å². The van der Waals surface area contributed by atoms with Crippen LogP contribution in [0.2, 0.25) is 4.34 Å². The lowest BCUT2D eigenvalue weighted by atomic mass is 9.92. The number of nitrogens with two attached hydrogens (primary N) is 1. The first-order valence-corrected chi connectivity index (χ1v) is 7.12. The first-order chi connectivity index (χ1) is 7.66. The minimum absolute atomic E-state index is 0. The Morgan fingerprint density at radius 3 is 3.00 bits per heavy atom. The van der Waals surface area contributed by atoms with Crippen molar-refractivity contribution in [2.24, 2.45) is 11.7 Å². The zero-order valence-corrected chi connectivity index (χ0v) is 12.5. The summed E-state index contributed by atoms with van der Waals surface area (Å²) in [5, 5.41) is 2.06. The van der Waals surface area contributed by atoms with Crippen LogP contribution in [0.15, 0.2) is 11.4 Å². The Morgan fingerprint density at radius 2 is 2.41 bits per heavy atom. The molecule has 17 heavy (non-hydrogen) atoms. The highest BCUT2D eigenvalue weighted by atomic mass is 35.5. The van der Waals surface area contributed by atoms with Crippen LogP contribution in [-0.2, 0) is 6.54 Å². The zero-order valence-electron chi connectivity index (χ0n) is 10.1. The van der Waals surface area contributed by atoms with Crippen LogP contribution < -0.4 is 5.73 Å². The van der Waals surface area contributed by atoms with Crippen LogP contribution >= 0.6 is 35.3 Å². The van der Waals surface area contributed by atoms with Crippen LogP contribution in [0.1, 0.15) is 25.3 Å². The number of rotatable bonds is 3. The lowest BCUT2D eigenvalue weighted by molar-refractivity contribution is 0.154. The van der Waals surface area contributed by atoms with E-state index in [9.17, 15) is 0 Å². The molecule has 2 N–H and O–H groups in total. The van der Waals surface area contributed by atoms with Gasteiger partial charge in [0, 0.05) is 19.1 Å². The van der Waals surface area contributed by atoms with E-state index in [1.807, 2.05) is 0 Å². The van der Waals surface area contributed by atoms with Gasteiger partial charge in [-0.3, -0.25) is 4.90 Å². The molecule has 0 spiro atoms. The molecule has 2 atom stereocenters. The molecule has 0 aliphatic carbocycles. The number of piperidine rings is 1. The van der Waals surface area contributed by atoms with Gasteiger partial charge < -0.3 is 5.73 Å². The average Bonchev–Trinajstić information content (AvgIpc) is 2.65. The third kappa shape index (κ3) is 4.11. The van der Waals surface area contributed by atoms with E-state index < -0.39 is 0 Å². The summed E-state index contributed by atoms with van der Waals surface area (Å²) in [4.78, 5) is 2.48. The predicted octanol–water partition coefficient (Wildman–Crippen LogP) is 3.38. The van der Waals surface area contributed by atoms with Crippen LogP contribution in [0.5, 0.6) is 0 Å². The van der Waals surface area contributed by atoms with E-state index in [0.29, 0.717) is 12.0 Å². The quantitative estimate of drug-likeness (QED) is 0.926. The minimum Gasteiger partial charge on any atom is -0.328 e. The first kappa shape index (κ1) is 15.3. The molecule has 2 heterocycles. The molecule has 98 valence electrons. The van der Waals surface area contributed by atoms with Crippen molar-refractivity contribution in [3.63, 3.8) is 0 Å². The van der Waals surface area contributed by atoms with Crippen molar-refractivity contribution in [2.75, 3.05) is 13.1 Å². The molecule has 0 bridgehead atoms. The Morgan fingerprint density at radius 1 is 1.65 bits per heavy atom. The van der Waals surface area contributed by atoms with E-state index in [2.05, 4.69) is 23.3 Å². The van der Waals surface area contributed by atoms with Crippen LogP contribution in [0, 0.1) is 5.92 Å². The lowest BCUT2D eigenvalue weighted by Gasteiger charge is -2.34. The zero-order chi connectivity index (χ0) is 11.5. The van der Waals surface area contributed by atoms with Gasteiger partial charge in [-0.05, 0) is 49.2 Å². The minimum atomic E-state index is 0. The van der Waals surface area contributed by atoms with Gasteiger partial charge in [0.05, 0.1) is 4.34 Å². The lowest BCUT2D eigenvalue weighted by Crippen LogP contribution is -2.41. The maximum Gasteiger partial charge on any atom is 0.0973 e. The van der Waals surface area contributed by atoms with Gasteiger partial charge in [-0.25, -0.2) is 0 Å². The predicted molar refractivity (Wildman–Crippen MR) is 78.2 cm³/mol. The second kappa shape index (κ2) is 6.95. The van der Waals surface area contributed by atoms with Gasteiger partial charge in [-0.2, -0.15) is 0 Å². The molecule has 1 aliphatic heterocycles. The van der Waals surface area contributed by atoms with E-state index in [1.165, 1.54) is 24.9 Å². The highest BCUT2D eigenvalue weighted by Gasteiger charge is 2.23. The second-order valence-corrected chi connectivity index (χ2v) is 6.23. The average molecular weight is 295 g/mol. The smallest absolute Gasteiger partial charge is 0.0973 e. The number of thiophene rings is 1. The summed E-state index contributed by atoms with van der Waals surface area (Å²) in [6.45, 7) is 5.39. The molecule has 1 fully saturated rings. The standard InChI is InChI=1S/C12H19ClN2S.ClH/c1-9(14)10-3-2-5-15(7-10)8-11-4-6-16-12(11)13;/h4,6,9-10H,2-3,5,7-8,14H2,1H3;1H. The number of nitrogens with zero attached hydrogens (tertiary/aromatic N) is 1. The fourth-order valence-corrected chi connectivity index (χ4v) is 3.25. The van der Waals surface area contributed by atoms with E-state index in [1.54, 1.807) is 11.3 Å². The molecule has 0 amide bonds. The summed E-state index contributed by atoms with van der Waals surface area (Å²) in [7, 11) is 0. The molecule has 2 unspecified atom stereocenters. The molecule has 1 aliphatic rings. The van der Waals surface area contributed by atoms with Crippen molar-refractivity contribution in [2.45, 2.75) is 32.4 Å². The maximum atomic E-state index is 6.13. The molecule has 0 saturated carbocycles. The third-order valence-corrected chi connectivity index (χ3v) is 4.62. The van der Waals surface area contributed by atoms with Crippen molar-refractivity contribution >= 4 is 35.3 Å². The highest BCUT2D eigenvalue weighted by Crippen LogP contribution is 2.26. The number of halogens is 2. The molecule has 2 nitrogen and oxygen atoms in total. The largest absolute Gasteiger partial charge is 0.328 e. The van der Waals surface area contributed by atoms with E-state index in [4.69, 9.17) is 17.3 Å². The van der Waals surface area contributed by atoms with Crippen molar-refractivity contribution < 1.29 is 0 Å². The van der Waals surface area contributed by atoms with Gasteiger partial charge in [0.15, 0.2) is 0 Å². The van der Waals surface area contributed by atoms with Crippen molar-refractivity contribution in [3.8, 4) is 0 Å². The summed E-state index contributed by atoms with van der Waals surface area (Å²) >= 11 is 7.74. The molecule has 1 saturated heterocycles. The molecule has 5 heteroatoms. The summed E-state index contributed by atoms with van der Waals surface area (Å²) < 4.78 is 0.933. The Kier molecular flexibility index (Phi) is 6.24. The molecule has 0 radical (unpaired) electrons. The SMILES string of the molecule is CC(N)C1CCCN(Cc2ccsc2Cl)C1.Cl.